The van der Waals surface area contributed by atoms with E-state index in [4.69, 9.17) is 0 Å². The minimum Gasteiger partial charge on any atom is -0.391 e. The van der Waals surface area contributed by atoms with Crippen molar-refractivity contribution in [2.75, 3.05) is 19.6 Å². The highest BCUT2D eigenvalue weighted by Gasteiger charge is 2.27. The van der Waals surface area contributed by atoms with E-state index >= 15 is 0 Å². The van der Waals surface area contributed by atoms with Gasteiger partial charge in [0.1, 0.15) is 0 Å². The summed E-state index contributed by atoms with van der Waals surface area (Å²) in [6.45, 7) is 2.30. The molecule has 2 rings (SSSR count). The van der Waals surface area contributed by atoms with Crippen LogP contribution in [0.4, 0.5) is 0 Å². The molecule has 2 aliphatic rings. The molecule has 0 aromatic rings. The lowest BCUT2D eigenvalue weighted by Gasteiger charge is -2.18. The number of nitrogens with zero attached hydrogens (tertiary/aromatic N) is 1. The number of amides is 1. The first kappa shape index (κ1) is 9.93. The Labute approximate surface area is 84.3 Å². The fourth-order valence-corrected chi connectivity index (χ4v) is 2.24. The van der Waals surface area contributed by atoms with Crippen molar-refractivity contribution < 1.29 is 9.90 Å². The van der Waals surface area contributed by atoms with E-state index < -0.39 is 0 Å². The van der Waals surface area contributed by atoms with Gasteiger partial charge in [-0.1, -0.05) is 0 Å². The summed E-state index contributed by atoms with van der Waals surface area (Å²) in [7, 11) is 0. The normalized spacial score (nSPS) is 32.5. The Balaban J connectivity index is 1.77. The van der Waals surface area contributed by atoms with Crippen LogP contribution in [-0.4, -0.2) is 47.7 Å². The Morgan fingerprint density at radius 2 is 2.36 bits per heavy atom. The van der Waals surface area contributed by atoms with Crippen LogP contribution in [0.5, 0.6) is 0 Å². The van der Waals surface area contributed by atoms with Crippen molar-refractivity contribution >= 4 is 5.91 Å². The molecule has 0 aliphatic carbocycles. The van der Waals surface area contributed by atoms with Gasteiger partial charge >= 0.3 is 0 Å². The standard InChI is InChI=1S/C10H18N2O2/c13-9-3-5-12(7-9)10(14)6-8-2-1-4-11-8/h8-9,11,13H,1-7H2. The third-order valence-corrected chi connectivity index (χ3v) is 3.10. The average molecular weight is 198 g/mol. The number of β-amino-alcohol motifs (C(OH)–C–C–N with tert-alkyl or cyclic N) is 1. The van der Waals surface area contributed by atoms with Crippen molar-refractivity contribution in [1.29, 1.82) is 0 Å². The van der Waals surface area contributed by atoms with Crippen LogP contribution in [0.2, 0.25) is 0 Å². The maximum absolute atomic E-state index is 11.7. The number of carbonyl (C=O) groups excluding carboxylic acids is 1. The molecule has 4 nitrogen and oxygen atoms in total. The largest absolute Gasteiger partial charge is 0.391 e. The van der Waals surface area contributed by atoms with Crippen molar-refractivity contribution in [3.05, 3.63) is 0 Å². The van der Waals surface area contributed by atoms with Gasteiger partial charge in [-0.3, -0.25) is 4.79 Å². The fraction of sp³-hybridized carbons (Fsp3) is 0.900. The third-order valence-electron chi connectivity index (χ3n) is 3.10. The van der Waals surface area contributed by atoms with Gasteiger partial charge in [-0.2, -0.15) is 0 Å². The van der Waals surface area contributed by atoms with Gasteiger partial charge in [0.05, 0.1) is 6.10 Å². The molecule has 0 aromatic carbocycles. The van der Waals surface area contributed by atoms with Crippen LogP contribution in [0, 0.1) is 0 Å². The first-order valence-electron chi connectivity index (χ1n) is 5.45. The van der Waals surface area contributed by atoms with Crippen LogP contribution in [0.3, 0.4) is 0 Å². The van der Waals surface area contributed by atoms with E-state index in [1.807, 2.05) is 0 Å². The van der Waals surface area contributed by atoms with Gasteiger partial charge in [-0.15, -0.1) is 0 Å². The molecule has 2 fully saturated rings. The lowest BCUT2D eigenvalue weighted by atomic mass is 10.1. The fourth-order valence-electron chi connectivity index (χ4n) is 2.24. The molecule has 2 saturated heterocycles. The quantitative estimate of drug-likeness (QED) is 0.642. The highest BCUT2D eigenvalue weighted by Crippen LogP contribution is 2.14. The molecule has 2 aliphatic heterocycles. The number of rotatable bonds is 2. The Morgan fingerprint density at radius 3 is 2.93 bits per heavy atom. The van der Waals surface area contributed by atoms with Crippen LogP contribution in [0.15, 0.2) is 0 Å². The predicted octanol–water partition coefficient (Wildman–Crippen LogP) is -0.278. The second kappa shape index (κ2) is 4.28. The second-order valence-corrected chi connectivity index (χ2v) is 4.28. The Kier molecular flexibility index (Phi) is 3.03. The molecule has 14 heavy (non-hydrogen) atoms. The molecule has 0 aromatic heterocycles. The predicted molar refractivity (Wildman–Crippen MR) is 52.8 cm³/mol. The first-order valence-corrected chi connectivity index (χ1v) is 5.45. The molecule has 0 radical (unpaired) electrons. The summed E-state index contributed by atoms with van der Waals surface area (Å²) in [5.41, 5.74) is 0. The lowest BCUT2D eigenvalue weighted by molar-refractivity contribution is -0.130. The van der Waals surface area contributed by atoms with Crippen molar-refractivity contribution in [3.8, 4) is 0 Å². The monoisotopic (exact) mass is 198 g/mol. The van der Waals surface area contributed by atoms with Gasteiger partial charge in [-0.05, 0) is 25.8 Å². The highest BCUT2D eigenvalue weighted by atomic mass is 16.3. The van der Waals surface area contributed by atoms with Crippen molar-refractivity contribution in [1.82, 2.24) is 10.2 Å². The number of nitrogens with one attached hydrogen (secondary N) is 1. The Bertz CT molecular complexity index is 214. The SMILES string of the molecule is O=C(CC1CCCN1)N1CCC(O)C1. The molecular formula is C10H18N2O2. The van der Waals surface area contributed by atoms with Crippen LogP contribution >= 0.6 is 0 Å². The van der Waals surface area contributed by atoms with E-state index in [0.717, 1.165) is 25.9 Å². The Hall–Kier alpha value is -0.610. The molecule has 2 heterocycles. The van der Waals surface area contributed by atoms with Crippen molar-refractivity contribution in [3.63, 3.8) is 0 Å². The summed E-state index contributed by atoms with van der Waals surface area (Å²) < 4.78 is 0. The number of aliphatic hydroxyl groups is 1. The number of aliphatic hydroxyl groups excluding tert-OH is 1. The van der Waals surface area contributed by atoms with E-state index in [0.29, 0.717) is 19.0 Å². The van der Waals surface area contributed by atoms with E-state index in [2.05, 4.69) is 5.32 Å². The minimum atomic E-state index is -0.296. The third kappa shape index (κ3) is 2.25. The molecule has 2 unspecified atom stereocenters. The smallest absolute Gasteiger partial charge is 0.224 e. The maximum Gasteiger partial charge on any atom is 0.224 e. The van der Waals surface area contributed by atoms with Gasteiger partial charge in [0.2, 0.25) is 5.91 Å². The average Bonchev–Trinajstić information content (AvgIpc) is 2.75. The summed E-state index contributed by atoms with van der Waals surface area (Å²) in [5.74, 6) is 0.195. The van der Waals surface area contributed by atoms with Crippen LogP contribution in [0.25, 0.3) is 0 Å². The molecule has 0 saturated carbocycles. The van der Waals surface area contributed by atoms with Gasteiger partial charge in [0, 0.05) is 25.6 Å². The molecular weight excluding hydrogens is 180 g/mol. The topological polar surface area (TPSA) is 52.6 Å². The zero-order valence-electron chi connectivity index (χ0n) is 8.41. The van der Waals surface area contributed by atoms with Gasteiger partial charge in [0.15, 0.2) is 0 Å². The summed E-state index contributed by atoms with van der Waals surface area (Å²) in [5, 5.41) is 12.6. The summed E-state index contributed by atoms with van der Waals surface area (Å²) in [6, 6.07) is 0.375. The molecule has 0 spiro atoms. The number of hydrogen-bond acceptors (Lipinski definition) is 3. The zero-order valence-corrected chi connectivity index (χ0v) is 8.41. The van der Waals surface area contributed by atoms with Gasteiger partial charge in [0.25, 0.3) is 0 Å². The second-order valence-electron chi connectivity index (χ2n) is 4.28. The number of carbonyl (C=O) groups is 1. The molecule has 4 heteroatoms. The highest BCUT2D eigenvalue weighted by molar-refractivity contribution is 5.77. The van der Waals surface area contributed by atoms with Crippen LogP contribution < -0.4 is 5.32 Å². The molecule has 1 amide bonds. The van der Waals surface area contributed by atoms with Crippen molar-refractivity contribution in [2.24, 2.45) is 0 Å². The number of hydrogen-bond donors (Lipinski definition) is 2. The summed E-state index contributed by atoms with van der Waals surface area (Å²) in [6.07, 6.45) is 3.34. The summed E-state index contributed by atoms with van der Waals surface area (Å²) >= 11 is 0. The van der Waals surface area contributed by atoms with E-state index in [-0.39, 0.29) is 12.0 Å². The lowest BCUT2D eigenvalue weighted by Crippen LogP contribution is -2.34. The molecule has 2 N–H and O–H groups in total. The van der Waals surface area contributed by atoms with Crippen LogP contribution in [-0.2, 0) is 4.79 Å². The minimum absolute atomic E-state index is 0.195. The van der Waals surface area contributed by atoms with Crippen LogP contribution in [0.1, 0.15) is 25.7 Å². The van der Waals surface area contributed by atoms with E-state index in [1.165, 1.54) is 6.42 Å². The van der Waals surface area contributed by atoms with E-state index in [1.54, 1.807) is 4.90 Å². The summed E-state index contributed by atoms with van der Waals surface area (Å²) in [4.78, 5) is 13.5. The first-order chi connectivity index (χ1) is 6.75. The van der Waals surface area contributed by atoms with E-state index in [9.17, 15) is 9.90 Å². The zero-order chi connectivity index (χ0) is 9.97. The van der Waals surface area contributed by atoms with Crippen molar-refractivity contribution in [2.45, 2.75) is 37.8 Å². The molecule has 2 atom stereocenters. The molecule has 0 bridgehead atoms. The van der Waals surface area contributed by atoms with Gasteiger partial charge < -0.3 is 15.3 Å². The van der Waals surface area contributed by atoms with Gasteiger partial charge in [-0.25, -0.2) is 0 Å². The number of likely N-dealkylation sites (tertiary alicyclic amines) is 1. The molecule has 80 valence electrons. The Morgan fingerprint density at radius 1 is 1.50 bits per heavy atom. The maximum atomic E-state index is 11.7.